The summed E-state index contributed by atoms with van der Waals surface area (Å²) in [6.45, 7) is 9.34. The monoisotopic (exact) mass is 305 g/mol. The molecule has 0 bridgehead atoms. The molecule has 0 unspecified atom stereocenters. The molecule has 0 saturated heterocycles. The Bertz CT molecular complexity index is 825. The lowest BCUT2D eigenvalue weighted by Gasteiger charge is -2.19. The van der Waals surface area contributed by atoms with Crippen LogP contribution in [0.3, 0.4) is 0 Å². The second-order valence-electron chi connectivity index (χ2n) is 7.21. The largest absolute Gasteiger partial charge is 0.493 e. The van der Waals surface area contributed by atoms with Crippen LogP contribution in [-0.2, 0) is 0 Å². The zero-order valence-corrected chi connectivity index (χ0v) is 14.3. The summed E-state index contributed by atoms with van der Waals surface area (Å²) >= 11 is 0. The Morgan fingerprint density at radius 2 is 1.78 bits per heavy atom. The summed E-state index contributed by atoms with van der Waals surface area (Å²) in [7, 11) is 0. The molecule has 2 nitrogen and oxygen atoms in total. The SMILES string of the molecule is Cc1ccc(OCC(C)(C)C)cc1-c1nccc2ccccc12. The number of benzene rings is 2. The van der Waals surface area contributed by atoms with Crippen LogP contribution in [0.15, 0.2) is 54.7 Å². The Labute approximate surface area is 138 Å². The predicted octanol–water partition coefficient (Wildman–Crippen LogP) is 5.64. The summed E-state index contributed by atoms with van der Waals surface area (Å²) in [6, 6.07) is 16.7. The minimum atomic E-state index is 0.142. The maximum absolute atomic E-state index is 5.97. The number of pyridine rings is 1. The molecule has 23 heavy (non-hydrogen) atoms. The van der Waals surface area contributed by atoms with Gasteiger partial charge in [0.2, 0.25) is 0 Å². The highest BCUT2D eigenvalue weighted by molar-refractivity contribution is 5.95. The van der Waals surface area contributed by atoms with Gasteiger partial charge in [-0.1, -0.05) is 51.1 Å². The van der Waals surface area contributed by atoms with Crippen molar-refractivity contribution >= 4 is 10.8 Å². The fourth-order valence-electron chi connectivity index (χ4n) is 2.58. The van der Waals surface area contributed by atoms with Crippen molar-refractivity contribution in [2.24, 2.45) is 5.41 Å². The summed E-state index contributed by atoms with van der Waals surface area (Å²) in [5, 5.41) is 2.38. The lowest BCUT2D eigenvalue weighted by molar-refractivity contribution is 0.198. The fraction of sp³-hybridized carbons (Fsp3) is 0.286. The molecule has 0 saturated carbocycles. The van der Waals surface area contributed by atoms with Gasteiger partial charge in [0, 0.05) is 17.1 Å². The summed E-state index contributed by atoms with van der Waals surface area (Å²) in [6.07, 6.45) is 1.87. The Morgan fingerprint density at radius 3 is 2.57 bits per heavy atom. The molecule has 2 heteroatoms. The highest BCUT2D eigenvalue weighted by Crippen LogP contribution is 2.32. The molecule has 2 aromatic carbocycles. The van der Waals surface area contributed by atoms with Crippen LogP contribution in [0.1, 0.15) is 26.3 Å². The van der Waals surface area contributed by atoms with Crippen molar-refractivity contribution in [1.82, 2.24) is 4.98 Å². The molecule has 0 radical (unpaired) electrons. The number of aromatic nitrogens is 1. The molecule has 0 amide bonds. The van der Waals surface area contributed by atoms with E-state index >= 15 is 0 Å². The number of rotatable bonds is 3. The van der Waals surface area contributed by atoms with Crippen LogP contribution < -0.4 is 4.74 Å². The van der Waals surface area contributed by atoms with Gasteiger partial charge >= 0.3 is 0 Å². The van der Waals surface area contributed by atoms with Crippen LogP contribution >= 0.6 is 0 Å². The molecule has 0 aliphatic heterocycles. The third kappa shape index (κ3) is 3.53. The minimum absolute atomic E-state index is 0.142. The number of hydrogen-bond donors (Lipinski definition) is 0. The van der Waals surface area contributed by atoms with Crippen LogP contribution in [0, 0.1) is 12.3 Å². The lowest BCUT2D eigenvalue weighted by Crippen LogP contribution is -2.16. The molecule has 0 aliphatic carbocycles. The number of nitrogens with zero attached hydrogens (tertiary/aromatic N) is 1. The molecule has 0 fully saturated rings. The van der Waals surface area contributed by atoms with Gasteiger partial charge in [-0.05, 0) is 41.5 Å². The van der Waals surface area contributed by atoms with Gasteiger partial charge < -0.3 is 4.74 Å². The van der Waals surface area contributed by atoms with Gasteiger partial charge in [-0.15, -0.1) is 0 Å². The van der Waals surface area contributed by atoms with E-state index in [1.165, 1.54) is 16.3 Å². The topological polar surface area (TPSA) is 22.1 Å². The van der Waals surface area contributed by atoms with Gasteiger partial charge in [-0.3, -0.25) is 4.98 Å². The second kappa shape index (κ2) is 6.04. The van der Waals surface area contributed by atoms with Crippen LogP contribution in [-0.4, -0.2) is 11.6 Å². The van der Waals surface area contributed by atoms with Crippen LogP contribution in [0.25, 0.3) is 22.0 Å². The number of ether oxygens (including phenoxy) is 1. The molecule has 0 atom stereocenters. The van der Waals surface area contributed by atoms with Crippen molar-refractivity contribution < 1.29 is 4.74 Å². The van der Waals surface area contributed by atoms with Gasteiger partial charge in [-0.2, -0.15) is 0 Å². The number of fused-ring (bicyclic) bond motifs is 1. The Kier molecular flexibility index (Phi) is 4.08. The van der Waals surface area contributed by atoms with Gasteiger partial charge in [0.25, 0.3) is 0 Å². The van der Waals surface area contributed by atoms with E-state index in [9.17, 15) is 0 Å². The average Bonchev–Trinajstić information content (AvgIpc) is 2.53. The first-order valence-corrected chi connectivity index (χ1v) is 8.02. The Morgan fingerprint density at radius 1 is 1.00 bits per heavy atom. The van der Waals surface area contributed by atoms with Crippen molar-refractivity contribution in [3.63, 3.8) is 0 Å². The number of aryl methyl sites for hydroxylation is 1. The summed E-state index contributed by atoms with van der Waals surface area (Å²) in [5.41, 5.74) is 3.50. The third-order valence-corrected chi connectivity index (χ3v) is 3.81. The van der Waals surface area contributed by atoms with E-state index in [1.54, 1.807) is 0 Å². The molecule has 0 N–H and O–H groups in total. The molecule has 1 aromatic heterocycles. The first-order chi connectivity index (χ1) is 10.9. The highest BCUT2D eigenvalue weighted by atomic mass is 16.5. The van der Waals surface area contributed by atoms with E-state index in [1.807, 2.05) is 18.3 Å². The van der Waals surface area contributed by atoms with E-state index < -0.39 is 0 Å². The van der Waals surface area contributed by atoms with E-state index in [0.717, 1.165) is 17.0 Å². The van der Waals surface area contributed by atoms with Gasteiger partial charge in [0.1, 0.15) is 5.75 Å². The fourth-order valence-corrected chi connectivity index (χ4v) is 2.58. The standard InChI is InChI=1S/C21H23NO/c1-15-9-10-17(23-14-21(2,3)4)13-19(15)20-18-8-6-5-7-16(18)11-12-22-20/h5-13H,14H2,1-4H3. The van der Waals surface area contributed by atoms with E-state index in [4.69, 9.17) is 4.74 Å². The van der Waals surface area contributed by atoms with E-state index in [2.05, 4.69) is 69.1 Å². The maximum Gasteiger partial charge on any atom is 0.120 e. The van der Waals surface area contributed by atoms with Crippen molar-refractivity contribution in [2.45, 2.75) is 27.7 Å². The van der Waals surface area contributed by atoms with Crippen molar-refractivity contribution in [1.29, 1.82) is 0 Å². The quantitative estimate of drug-likeness (QED) is 0.625. The third-order valence-electron chi connectivity index (χ3n) is 3.81. The highest BCUT2D eigenvalue weighted by Gasteiger charge is 2.13. The zero-order valence-electron chi connectivity index (χ0n) is 14.3. The molecule has 0 aliphatic rings. The molecule has 118 valence electrons. The van der Waals surface area contributed by atoms with Gasteiger partial charge in [0.15, 0.2) is 0 Å². The lowest BCUT2D eigenvalue weighted by atomic mass is 9.98. The van der Waals surface area contributed by atoms with Crippen LogP contribution in [0.4, 0.5) is 0 Å². The first kappa shape index (κ1) is 15.5. The molecule has 3 rings (SSSR count). The Hall–Kier alpha value is -2.35. The first-order valence-electron chi connectivity index (χ1n) is 8.02. The second-order valence-corrected chi connectivity index (χ2v) is 7.21. The smallest absolute Gasteiger partial charge is 0.120 e. The molecular weight excluding hydrogens is 282 g/mol. The Balaban J connectivity index is 2.04. The summed E-state index contributed by atoms with van der Waals surface area (Å²) in [4.78, 5) is 4.63. The average molecular weight is 305 g/mol. The summed E-state index contributed by atoms with van der Waals surface area (Å²) in [5.74, 6) is 0.898. The summed E-state index contributed by atoms with van der Waals surface area (Å²) < 4.78 is 5.97. The normalized spacial score (nSPS) is 11.7. The maximum atomic E-state index is 5.97. The number of hydrogen-bond acceptors (Lipinski definition) is 2. The molecule has 1 heterocycles. The van der Waals surface area contributed by atoms with E-state index in [-0.39, 0.29) is 5.41 Å². The van der Waals surface area contributed by atoms with Gasteiger partial charge in [0.05, 0.1) is 12.3 Å². The predicted molar refractivity (Wildman–Crippen MR) is 96.9 cm³/mol. The molecule has 3 aromatic rings. The molecular formula is C21H23NO. The molecule has 0 spiro atoms. The van der Waals surface area contributed by atoms with Crippen molar-refractivity contribution in [3.8, 4) is 17.0 Å². The zero-order chi connectivity index (χ0) is 16.4. The minimum Gasteiger partial charge on any atom is -0.493 e. The van der Waals surface area contributed by atoms with Crippen LogP contribution in [0.5, 0.6) is 5.75 Å². The van der Waals surface area contributed by atoms with Crippen molar-refractivity contribution in [2.75, 3.05) is 6.61 Å². The van der Waals surface area contributed by atoms with Gasteiger partial charge in [-0.25, -0.2) is 0 Å². The van der Waals surface area contributed by atoms with Crippen LogP contribution in [0.2, 0.25) is 0 Å². The van der Waals surface area contributed by atoms with Crippen molar-refractivity contribution in [3.05, 3.63) is 60.3 Å². The van der Waals surface area contributed by atoms with E-state index in [0.29, 0.717) is 6.61 Å².